The molecule has 1 aromatic heterocycles. The van der Waals surface area contributed by atoms with Crippen molar-refractivity contribution in [3.05, 3.63) is 46.8 Å². The summed E-state index contributed by atoms with van der Waals surface area (Å²) in [5, 5.41) is 16.8. The molecule has 2 aromatic rings. The van der Waals surface area contributed by atoms with Crippen molar-refractivity contribution in [2.45, 2.75) is 57.4 Å². The molecule has 0 bridgehead atoms. The van der Waals surface area contributed by atoms with Crippen molar-refractivity contribution in [3.8, 4) is 5.69 Å². The average molecular weight is 353 g/mol. The number of para-hydroxylation sites is 1. The molecule has 0 aliphatic heterocycles. The molecule has 1 aromatic carbocycles. The molecule has 1 fully saturated rings. The van der Waals surface area contributed by atoms with Gasteiger partial charge in [0, 0.05) is 11.3 Å². The van der Waals surface area contributed by atoms with Gasteiger partial charge in [0.1, 0.15) is 0 Å². The SMILES string of the molecule is Cc1ccccc1-n1nc(C(=O)NC2(CC(=O)O)CCC2)c2c1CCC2. The maximum Gasteiger partial charge on any atom is 0.305 e. The van der Waals surface area contributed by atoms with E-state index in [0.29, 0.717) is 18.5 Å². The van der Waals surface area contributed by atoms with Crippen LogP contribution in [0.2, 0.25) is 0 Å². The fourth-order valence-corrected chi connectivity index (χ4v) is 4.16. The predicted molar refractivity (Wildman–Crippen MR) is 96.6 cm³/mol. The van der Waals surface area contributed by atoms with E-state index in [1.54, 1.807) is 0 Å². The van der Waals surface area contributed by atoms with Crippen molar-refractivity contribution in [1.82, 2.24) is 15.1 Å². The highest BCUT2D eigenvalue weighted by atomic mass is 16.4. The van der Waals surface area contributed by atoms with E-state index in [9.17, 15) is 9.59 Å². The summed E-state index contributed by atoms with van der Waals surface area (Å²) in [6.07, 6.45) is 5.11. The van der Waals surface area contributed by atoms with E-state index in [-0.39, 0.29) is 12.3 Å². The third-order valence-electron chi connectivity index (χ3n) is 5.67. The zero-order valence-corrected chi connectivity index (χ0v) is 14.9. The summed E-state index contributed by atoms with van der Waals surface area (Å²) in [5.41, 5.74) is 4.06. The minimum atomic E-state index is -0.874. The average Bonchev–Trinajstić information content (AvgIpc) is 3.15. The molecule has 0 saturated heterocycles. The van der Waals surface area contributed by atoms with Gasteiger partial charge in [0.25, 0.3) is 5.91 Å². The van der Waals surface area contributed by atoms with Crippen LogP contribution in [0.3, 0.4) is 0 Å². The summed E-state index contributed by atoms with van der Waals surface area (Å²) < 4.78 is 1.90. The molecule has 0 spiro atoms. The molecule has 0 atom stereocenters. The molecular formula is C20H23N3O3. The number of hydrogen-bond acceptors (Lipinski definition) is 3. The Bertz CT molecular complexity index is 880. The van der Waals surface area contributed by atoms with Gasteiger partial charge in [-0.25, -0.2) is 4.68 Å². The molecular weight excluding hydrogens is 330 g/mol. The van der Waals surface area contributed by atoms with Crippen LogP contribution >= 0.6 is 0 Å². The molecule has 1 heterocycles. The van der Waals surface area contributed by atoms with Crippen LogP contribution in [0.1, 0.15) is 59.4 Å². The van der Waals surface area contributed by atoms with Crippen molar-refractivity contribution in [3.63, 3.8) is 0 Å². The highest BCUT2D eigenvalue weighted by Crippen LogP contribution is 2.36. The largest absolute Gasteiger partial charge is 0.481 e. The van der Waals surface area contributed by atoms with Gasteiger partial charge in [0.2, 0.25) is 0 Å². The summed E-state index contributed by atoms with van der Waals surface area (Å²) in [6, 6.07) is 8.01. The summed E-state index contributed by atoms with van der Waals surface area (Å²) in [7, 11) is 0. The van der Waals surface area contributed by atoms with Gasteiger partial charge in [-0.2, -0.15) is 5.10 Å². The first kappa shape index (κ1) is 16.8. The standard InChI is InChI=1S/C20H23N3O3/c1-13-6-2-3-8-15(13)23-16-9-4-7-14(16)18(22-23)19(26)21-20(10-5-11-20)12-17(24)25/h2-3,6,8H,4-5,7,9-12H2,1H3,(H,21,26)(H,24,25). The van der Waals surface area contributed by atoms with Crippen molar-refractivity contribution < 1.29 is 14.7 Å². The highest BCUT2D eigenvalue weighted by Gasteiger charge is 2.41. The van der Waals surface area contributed by atoms with Crippen molar-refractivity contribution in [1.29, 1.82) is 0 Å². The van der Waals surface area contributed by atoms with Gasteiger partial charge in [0.15, 0.2) is 5.69 Å². The molecule has 1 amide bonds. The van der Waals surface area contributed by atoms with Crippen LogP contribution in [0.25, 0.3) is 5.69 Å². The monoisotopic (exact) mass is 353 g/mol. The number of rotatable bonds is 5. The fourth-order valence-electron chi connectivity index (χ4n) is 4.16. The molecule has 4 rings (SSSR count). The Balaban J connectivity index is 1.67. The number of nitrogens with one attached hydrogen (secondary N) is 1. The molecule has 2 aliphatic carbocycles. The summed E-state index contributed by atoms with van der Waals surface area (Å²) >= 11 is 0. The lowest BCUT2D eigenvalue weighted by Gasteiger charge is -2.41. The van der Waals surface area contributed by atoms with Crippen LogP contribution in [0, 0.1) is 6.92 Å². The minimum absolute atomic E-state index is 0.0283. The molecule has 26 heavy (non-hydrogen) atoms. The van der Waals surface area contributed by atoms with Crippen LogP contribution < -0.4 is 5.32 Å². The third kappa shape index (κ3) is 2.79. The lowest BCUT2D eigenvalue weighted by Crippen LogP contribution is -2.54. The first-order valence-electron chi connectivity index (χ1n) is 9.20. The van der Waals surface area contributed by atoms with Crippen LogP contribution in [-0.4, -0.2) is 32.3 Å². The van der Waals surface area contributed by atoms with Gasteiger partial charge in [-0.05, 0) is 57.1 Å². The summed E-state index contributed by atoms with van der Waals surface area (Å²) in [6.45, 7) is 2.04. The third-order valence-corrected chi connectivity index (χ3v) is 5.67. The number of carboxylic acid groups (broad SMARTS) is 1. The van der Waals surface area contributed by atoms with E-state index in [2.05, 4.69) is 10.4 Å². The second-order valence-electron chi connectivity index (χ2n) is 7.48. The van der Waals surface area contributed by atoms with E-state index in [1.165, 1.54) is 0 Å². The molecule has 0 radical (unpaired) electrons. The van der Waals surface area contributed by atoms with Crippen molar-refractivity contribution in [2.75, 3.05) is 0 Å². The Labute approximate surface area is 152 Å². The lowest BCUT2D eigenvalue weighted by molar-refractivity contribution is -0.139. The van der Waals surface area contributed by atoms with Gasteiger partial charge in [-0.3, -0.25) is 9.59 Å². The van der Waals surface area contributed by atoms with Crippen LogP contribution in [-0.2, 0) is 17.6 Å². The normalized spacial score (nSPS) is 17.4. The number of carboxylic acids is 1. The molecule has 6 nitrogen and oxygen atoms in total. The van der Waals surface area contributed by atoms with E-state index in [1.807, 2.05) is 35.9 Å². The topological polar surface area (TPSA) is 84.2 Å². The molecule has 2 N–H and O–H groups in total. The Kier molecular flexibility index (Phi) is 4.05. The zero-order chi connectivity index (χ0) is 18.3. The number of aryl methyl sites for hydroxylation is 1. The molecule has 136 valence electrons. The summed E-state index contributed by atoms with van der Waals surface area (Å²) in [4.78, 5) is 24.1. The number of fused-ring (bicyclic) bond motifs is 1. The maximum atomic E-state index is 12.9. The molecule has 2 aliphatic rings. The van der Waals surface area contributed by atoms with Gasteiger partial charge < -0.3 is 10.4 Å². The van der Waals surface area contributed by atoms with Crippen LogP contribution in [0.5, 0.6) is 0 Å². The number of benzene rings is 1. The van der Waals surface area contributed by atoms with Crippen molar-refractivity contribution in [2.24, 2.45) is 0 Å². The second kappa shape index (κ2) is 6.27. The smallest absolute Gasteiger partial charge is 0.305 e. The predicted octanol–water partition coefficient (Wildman–Crippen LogP) is 2.80. The van der Waals surface area contributed by atoms with E-state index >= 15 is 0 Å². The number of nitrogens with zero attached hydrogens (tertiary/aromatic N) is 2. The maximum absolute atomic E-state index is 12.9. The van der Waals surface area contributed by atoms with Gasteiger partial charge in [-0.15, -0.1) is 0 Å². The number of carbonyl (C=O) groups excluding carboxylic acids is 1. The van der Waals surface area contributed by atoms with Crippen LogP contribution in [0.15, 0.2) is 24.3 Å². The zero-order valence-electron chi connectivity index (χ0n) is 14.9. The molecule has 0 unspecified atom stereocenters. The summed E-state index contributed by atoms with van der Waals surface area (Å²) in [5.74, 6) is -1.11. The van der Waals surface area contributed by atoms with Crippen LogP contribution in [0.4, 0.5) is 0 Å². The Hall–Kier alpha value is -2.63. The first-order valence-corrected chi connectivity index (χ1v) is 9.20. The number of carbonyl (C=O) groups is 2. The van der Waals surface area contributed by atoms with Gasteiger partial charge in [0.05, 0.1) is 17.6 Å². The Morgan fingerprint density at radius 1 is 1.23 bits per heavy atom. The fraction of sp³-hybridized carbons (Fsp3) is 0.450. The van der Waals surface area contributed by atoms with Gasteiger partial charge >= 0.3 is 5.97 Å². The van der Waals surface area contributed by atoms with Crippen molar-refractivity contribution >= 4 is 11.9 Å². The first-order chi connectivity index (χ1) is 12.5. The highest BCUT2D eigenvalue weighted by molar-refractivity contribution is 5.95. The Morgan fingerprint density at radius 2 is 2.00 bits per heavy atom. The van der Waals surface area contributed by atoms with Gasteiger partial charge in [-0.1, -0.05) is 18.2 Å². The number of aromatic nitrogens is 2. The molecule has 6 heteroatoms. The lowest BCUT2D eigenvalue weighted by atomic mass is 9.74. The van der Waals surface area contributed by atoms with E-state index < -0.39 is 11.5 Å². The number of aliphatic carboxylic acids is 1. The Morgan fingerprint density at radius 3 is 2.65 bits per heavy atom. The van der Waals surface area contributed by atoms with E-state index in [0.717, 1.165) is 48.2 Å². The molecule has 1 saturated carbocycles. The minimum Gasteiger partial charge on any atom is -0.481 e. The quantitative estimate of drug-likeness (QED) is 0.866. The number of hydrogen-bond donors (Lipinski definition) is 2. The number of amides is 1. The second-order valence-corrected chi connectivity index (χ2v) is 7.48. The van der Waals surface area contributed by atoms with E-state index in [4.69, 9.17) is 5.11 Å².